The molecule has 0 radical (unpaired) electrons. The number of hydrogen-bond donors (Lipinski definition) is 2. The lowest BCUT2D eigenvalue weighted by molar-refractivity contribution is -0.384. The zero-order valence-electron chi connectivity index (χ0n) is 12.1. The molecule has 10 heteroatoms. The van der Waals surface area contributed by atoms with Crippen LogP contribution in [-0.2, 0) is 6.18 Å². The van der Waals surface area contributed by atoms with Crippen LogP contribution < -0.4 is 5.32 Å². The smallest absolute Gasteiger partial charge is 0.351 e. The Hall–Kier alpha value is -2.55. The Balaban J connectivity index is 2.18. The summed E-state index contributed by atoms with van der Waals surface area (Å²) in [5.41, 5.74) is -1.17. The molecule has 0 saturated carbocycles. The van der Waals surface area contributed by atoms with E-state index in [1.807, 2.05) is 0 Å². The number of halogens is 4. The van der Waals surface area contributed by atoms with Crippen LogP contribution in [0.15, 0.2) is 30.5 Å². The van der Waals surface area contributed by atoms with Gasteiger partial charge in [0.25, 0.3) is 11.6 Å². The van der Waals surface area contributed by atoms with Crippen molar-refractivity contribution >= 4 is 23.2 Å². The molecule has 0 fully saturated rings. The van der Waals surface area contributed by atoms with E-state index in [4.69, 9.17) is 11.6 Å². The molecule has 1 aromatic carbocycles. The number of nitro groups is 1. The predicted molar refractivity (Wildman–Crippen MR) is 79.8 cm³/mol. The highest BCUT2D eigenvalue weighted by atomic mass is 35.5. The first-order valence-corrected chi connectivity index (χ1v) is 6.97. The van der Waals surface area contributed by atoms with Crippen LogP contribution >= 0.6 is 11.6 Å². The molecule has 24 heavy (non-hydrogen) atoms. The number of aromatic nitrogens is 1. The molecule has 2 rings (SSSR count). The Morgan fingerprint density at radius 3 is 2.58 bits per heavy atom. The Morgan fingerprint density at radius 2 is 2.04 bits per heavy atom. The SMILES string of the molecule is C[C@@H](NC(=O)c1cc([N+](=O)[O-])c[nH]1)c1ccc(Cl)c(C(F)(F)F)c1. The normalized spacial score (nSPS) is 12.7. The number of nitrogens with zero attached hydrogens (tertiary/aromatic N) is 1. The van der Waals surface area contributed by atoms with Crippen molar-refractivity contribution in [3.05, 3.63) is 62.4 Å². The minimum Gasteiger partial charge on any atom is -0.351 e. The summed E-state index contributed by atoms with van der Waals surface area (Å²) in [6.07, 6.45) is -3.57. The minimum absolute atomic E-state index is 0.0708. The van der Waals surface area contributed by atoms with Crippen molar-refractivity contribution in [2.24, 2.45) is 0 Å². The third-order valence-electron chi connectivity index (χ3n) is 3.27. The van der Waals surface area contributed by atoms with Gasteiger partial charge in [-0.2, -0.15) is 13.2 Å². The van der Waals surface area contributed by atoms with Crippen molar-refractivity contribution in [1.82, 2.24) is 10.3 Å². The molecule has 0 aliphatic heterocycles. The molecule has 0 spiro atoms. The van der Waals surface area contributed by atoms with Crippen LogP contribution in [0.3, 0.4) is 0 Å². The van der Waals surface area contributed by atoms with E-state index >= 15 is 0 Å². The maximum atomic E-state index is 12.9. The number of rotatable bonds is 4. The van der Waals surface area contributed by atoms with Crippen molar-refractivity contribution in [3.63, 3.8) is 0 Å². The number of benzene rings is 1. The molecule has 0 aliphatic rings. The number of carbonyl (C=O) groups excluding carboxylic acids is 1. The molecule has 6 nitrogen and oxygen atoms in total. The van der Waals surface area contributed by atoms with E-state index < -0.39 is 33.6 Å². The van der Waals surface area contributed by atoms with Gasteiger partial charge in [0, 0.05) is 6.07 Å². The topological polar surface area (TPSA) is 88.0 Å². The lowest BCUT2D eigenvalue weighted by atomic mass is 10.0. The maximum absolute atomic E-state index is 12.9. The summed E-state index contributed by atoms with van der Waals surface area (Å²) in [7, 11) is 0. The number of nitrogens with one attached hydrogen (secondary N) is 2. The number of H-pyrrole nitrogens is 1. The number of alkyl halides is 3. The van der Waals surface area contributed by atoms with E-state index in [2.05, 4.69) is 10.3 Å². The summed E-state index contributed by atoms with van der Waals surface area (Å²) in [6, 6.07) is 3.58. The first-order valence-electron chi connectivity index (χ1n) is 6.60. The largest absolute Gasteiger partial charge is 0.417 e. The summed E-state index contributed by atoms with van der Waals surface area (Å²) >= 11 is 5.54. The Bertz CT molecular complexity index is 789. The van der Waals surface area contributed by atoms with Crippen LogP contribution in [0.4, 0.5) is 18.9 Å². The lowest BCUT2D eigenvalue weighted by Gasteiger charge is -2.16. The van der Waals surface area contributed by atoms with Crippen molar-refractivity contribution in [1.29, 1.82) is 0 Å². The molecule has 2 aromatic rings. The zero-order chi connectivity index (χ0) is 18.1. The number of hydrogen-bond acceptors (Lipinski definition) is 3. The highest BCUT2D eigenvalue weighted by Crippen LogP contribution is 2.36. The summed E-state index contributed by atoms with van der Waals surface area (Å²) in [6.45, 7) is 1.48. The van der Waals surface area contributed by atoms with Gasteiger partial charge in [-0.25, -0.2) is 0 Å². The van der Waals surface area contributed by atoms with Gasteiger partial charge in [-0.05, 0) is 24.6 Å². The number of amides is 1. The van der Waals surface area contributed by atoms with Crippen molar-refractivity contribution in [2.45, 2.75) is 19.1 Å². The average Bonchev–Trinajstić information content (AvgIpc) is 2.96. The fraction of sp³-hybridized carbons (Fsp3) is 0.214. The Kier molecular flexibility index (Phi) is 4.83. The van der Waals surface area contributed by atoms with Gasteiger partial charge in [-0.1, -0.05) is 17.7 Å². The molecule has 1 heterocycles. The van der Waals surface area contributed by atoms with Gasteiger partial charge in [0.05, 0.1) is 27.7 Å². The molecule has 1 atom stereocenters. The molecule has 0 bridgehead atoms. The van der Waals surface area contributed by atoms with Gasteiger partial charge in [0.2, 0.25) is 0 Å². The van der Waals surface area contributed by atoms with Crippen molar-refractivity contribution in [3.8, 4) is 0 Å². The zero-order valence-corrected chi connectivity index (χ0v) is 12.9. The number of aromatic amines is 1. The Labute approximate surface area is 138 Å². The van der Waals surface area contributed by atoms with E-state index in [1.54, 1.807) is 0 Å². The quantitative estimate of drug-likeness (QED) is 0.635. The van der Waals surface area contributed by atoms with E-state index in [-0.39, 0.29) is 16.9 Å². The number of carbonyl (C=O) groups is 1. The molecule has 1 amide bonds. The second kappa shape index (κ2) is 6.52. The second-order valence-corrected chi connectivity index (χ2v) is 5.37. The van der Waals surface area contributed by atoms with Gasteiger partial charge in [-0.15, -0.1) is 0 Å². The van der Waals surface area contributed by atoms with Gasteiger partial charge in [0.15, 0.2) is 0 Å². The van der Waals surface area contributed by atoms with Crippen LogP contribution in [0.1, 0.15) is 34.6 Å². The first-order chi connectivity index (χ1) is 11.1. The maximum Gasteiger partial charge on any atom is 0.417 e. The van der Waals surface area contributed by atoms with Crippen LogP contribution in [0.5, 0.6) is 0 Å². The average molecular weight is 362 g/mol. The highest BCUT2D eigenvalue weighted by Gasteiger charge is 2.33. The summed E-state index contributed by atoms with van der Waals surface area (Å²) in [5.74, 6) is -0.681. The van der Waals surface area contributed by atoms with E-state index in [0.717, 1.165) is 24.4 Å². The molecule has 2 N–H and O–H groups in total. The van der Waals surface area contributed by atoms with Crippen LogP contribution in [-0.4, -0.2) is 15.8 Å². The standard InChI is InChI=1S/C14H11ClF3N3O3/c1-7(8-2-3-11(15)10(4-8)14(16,17)18)20-13(22)12-5-9(6-19-12)21(23)24/h2-7,19H,1H3,(H,20,22)/t7-/m1/s1. The third-order valence-corrected chi connectivity index (χ3v) is 3.60. The van der Waals surface area contributed by atoms with Crippen LogP contribution in [0.2, 0.25) is 5.02 Å². The lowest BCUT2D eigenvalue weighted by Crippen LogP contribution is -2.27. The molecular weight excluding hydrogens is 351 g/mol. The van der Waals surface area contributed by atoms with Crippen molar-refractivity contribution in [2.75, 3.05) is 0 Å². The summed E-state index contributed by atoms with van der Waals surface area (Å²) < 4.78 is 38.6. The van der Waals surface area contributed by atoms with E-state index in [9.17, 15) is 28.1 Å². The van der Waals surface area contributed by atoms with Gasteiger partial charge in [-0.3, -0.25) is 14.9 Å². The summed E-state index contributed by atoms with van der Waals surface area (Å²) in [4.78, 5) is 24.3. The van der Waals surface area contributed by atoms with E-state index in [0.29, 0.717) is 0 Å². The summed E-state index contributed by atoms with van der Waals surface area (Å²) in [5, 5.41) is 12.6. The highest BCUT2D eigenvalue weighted by molar-refractivity contribution is 6.31. The van der Waals surface area contributed by atoms with Crippen molar-refractivity contribution < 1.29 is 22.9 Å². The predicted octanol–water partition coefficient (Wildman–Crippen LogP) is 4.09. The minimum atomic E-state index is -4.61. The molecule has 0 unspecified atom stereocenters. The molecule has 0 saturated heterocycles. The van der Waals surface area contributed by atoms with Gasteiger partial charge in [0.1, 0.15) is 5.69 Å². The molecule has 0 aliphatic carbocycles. The Morgan fingerprint density at radius 1 is 1.38 bits per heavy atom. The monoisotopic (exact) mass is 361 g/mol. The van der Waals surface area contributed by atoms with Crippen LogP contribution in [0, 0.1) is 10.1 Å². The van der Waals surface area contributed by atoms with E-state index in [1.165, 1.54) is 13.0 Å². The second-order valence-electron chi connectivity index (χ2n) is 4.96. The van der Waals surface area contributed by atoms with Gasteiger partial charge < -0.3 is 10.3 Å². The molecule has 1 aromatic heterocycles. The fourth-order valence-electron chi connectivity index (χ4n) is 2.01. The first kappa shape index (κ1) is 17.8. The van der Waals surface area contributed by atoms with Gasteiger partial charge >= 0.3 is 6.18 Å². The molecule has 128 valence electrons. The van der Waals surface area contributed by atoms with Crippen LogP contribution in [0.25, 0.3) is 0 Å². The third kappa shape index (κ3) is 3.85. The molecular formula is C14H11ClF3N3O3. The fourth-order valence-corrected chi connectivity index (χ4v) is 2.23.